The number of carbonyl (C=O) groups excluding carboxylic acids is 1. The Kier molecular flexibility index (Phi) is 4.39. The van der Waals surface area contributed by atoms with Crippen molar-refractivity contribution in [2.45, 2.75) is 39.3 Å². The highest BCUT2D eigenvalue weighted by Gasteiger charge is 2.19. The molecule has 2 heterocycles. The Morgan fingerprint density at radius 2 is 2.22 bits per heavy atom. The second-order valence-electron chi connectivity index (χ2n) is 6.38. The number of fused-ring (bicyclic) bond motifs is 1. The van der Waals surface area contributed by atoms with Crippen LogP contribution in [0.1, 0.15) is 52.8 Å². The van der Waals surface area contributed by atoms with E-state index < -0.39 is 0 Å². The lowest BCUT2D eigenvalue weighted by Gasteiger charge is -2.28. The van der Waals surface area contributed by atoms with Crippen LogP contribution in [0, 0.1) is 0 Å². The van der Waals surface area contributed by atoms with Gasteiger partial charge in [-0.2, -0.15) is 0 Å². The van der Waals surface area contributed by atoms with Gasteiger partial charge in [0.25, 0.3) is 0 Å². The Balaban J connectivity index is 1.75. The summed E-state index contributed by atoms with van der Waals surface area (Å²) in [6.45, 7) is 6.80. The number of hydrogen-bond acceptors (Lipinski definition) is 4. The van der Waals surface area contributed by atoms with Gasteiger partial charge in [0.1, 0.15) is 5.82 Å². The smallest absolute Gasteiger partial charge is 0.248 e. The Labute approximate surface area is 136 Å². The first-order chi connectivity index (χ1) is 11.0. The van der Waals surface area contributed by atoms with Gasteiger partial charge in [0.2, 0.25) is 5.91 Å². The summed E-state index contributed by atoms with van der Waals surface area (Å²) in [7, 11) is 0. The molecule has 0 unspecified atom stereocenters. The van der Waals surface area contributed by atoms with Crippen molar-refractivity contribution in [2.24, 2.45) is 5.73 Å². The molecule has 5 heteroatoms. The molecule has 0 saturated heterocycles. The molecule has 1 aromatic heterocycles. The summed E-state index contributed by atoms with van der Waals surface area (Å²) in [5.74, 6) is 0.856. The highest BCUT2D eigenvalue weighted by molar-refractivity contribution is 5.92. The maximum atomic E-state index is 11.3. The molecule has 120 valence electrons. The number of nitrogens with two attached hydrogens (primary N) is 1. The van der Waals surface area contributed by atoms with Gasteiger partial charge in [-0.3, -0.25) is 9.69 Å². The van der Waals surface area contributed by atoms with Crippen molar-refractivity contribution in [3.05, 3.63) is 58.7 Å². The summed E-state index contributed by atoms with van der Waals surface area (Å²) in [6, 6.07) is 7.53. The zero-order chi connectivity index (χ0) is 16.4. The maximum Gasteiger partial charge on any atom is 0.248 e. The number of primary amides is 1. The third-order valence-corrected chi connectivity index (χ3v) is 4.18. The molecule has 1 amide bonds. The molecule has 5 nitrogen and oxygen atoms in total. The quantitative estimate of drug-likeness (QED) is 0.940. The summed E-state index contributed by atoms with van der Waals surface area (Å²) < 4.78 is 0. The van der Waals surface area contributed by atoms with Crippen LogP contribution in [-0.2, 0) is 19.5 Å². The molecule has 0 aliphatic carbocycles. The fourth-order valence-electron chi connectivity index (χ4n) is 2.87. The molecule has 2 aromatic rings. The van der Waals surface area contributed by atoms with Crippen molar-refractivity contribution >= 4 is 5.91 Å². The highest BCUT2D eigenvalue weighted by atomic mass is 16.1. The Hall–Kier alpha value is -2.27. The summed E-state index contributed by atoms with van der Waals surface area (Å²) >= 11 is 0. The van der Waals surface area contributed by atoms with Crippen LogP contribution in [0.3, 0.4) is 0 Å². The van der Waals surface area contributed by atoms with Crippen LogP contribution < -0.4 is 5.73 Å². The molecule has 0 spiro atoms. The predicted molar refractivity (Wildman–Crippen MR) is 88.9 cm³/mol. The predicted octanol–water partition coefficient (Wildman–Crippen LogP) is 2.26. The maximum absolute atomic E-state index is 11.3. The summed E-state index contributed by atoms with van der Waals surface area (Å²) in [6.07, 6.45) is 2.94. The zero-order valence-corrected chi connectivity index (χ0v) is 13.6. The first kappa shape index (κ1) is 15.6. The van der Waals surface area contributed by atoms with Gasteiger partial charge in [-0.25, -0.2) is 9.97 Å². The molecule has 1 aliphatic heterocycles. The molecule has 0 radical (unpaired) electrons. The van der Waals surface area contributed by atoms with Gasteiger partial charge in [0.05, 0.1) is 5.69 Å². The van der Waals surface area contributed by atoms with E-state index in [1.807, 2.05) is 24.4 Å². The van der Waals surface area contributed by atoms with Crippen LogP contribution >= 0.6 is 0 Å². The van der Waals surface area contributed by atoms with Crippen LogP contribution in [0.5, 0.6) is 0 Å². The van der Waals surface area contributed by atoms with Gasteiger partial charge in [0.15, 0.2) is 0 Å². The number of aromatic nitrogens is 2. The topological polar surface area (TPSA) is 72.1 Å². The highest BCUT2D eigenvalue weighted by Crippen LogP contribution is 2.20. The monoisotopic (exact) mass is 310 g/mol. The van der Waals surface area contributed by atoms with Gasteiger partial charge in [-0.05, 0) is 29.7 Å². The van der Waals surface area contributed by atoms with E-state index in [0.29, 0.717) is 11.5 Å². The number of hydrogen-bond donors (Lipinski definition) is 1. The molecule has 23 heavy (non-hydrogen) atoms. The van der Waals surface area contributed by atoms with Crippen molar-refractivity contribution in [3.8, 4) is 0 Å². The van der Waals surface area contributed by atoms with E-state index >= 15 is 0 Å². The van der Waals surface area contributed by atoms with Crippen LogP contribution in [0.25, 0.3) is 0 Å². The molecular formula is C18H22N4O. The van der Waals surface area contributed by atoms with Gasteiger partial charge in [-0.1, -0.05) is 26.0 Å². The first-order valence-electron chi connectivity index (χ1n) is 7.98. The molecule has 1 aliphatic rings. The molecule has 0 saturated carbocycles. The third kappa shape index (κ3) is 3.56. The van der Waals surface area contributed by atoms with E-state index in [2.05, 4.69) is 23.7 Å². The average Bonchev–Trinajstić information content (AvgIpc) is 2.54. The van der Waals surface area contributed by atoms with Gasteiger partial charge in [-0.15, -0.1) is 0 Å². The standard InChI is InChI=1S/C18H22N4O/c1-12(2)18-20-9-15-6-7-22(11-16(15)21-18)10-13-4-3-5-14(8-13)17(19)23/h3-5,8-9,12H,6-7,10-11H2,1-2H3,(H2,19,23). The van der Waals surface area contributed by atoms with E-state index in [0.717, 1.165) is 43.1 Å². The van der Waals surface area contributed by atoms with Crippen molar-refractivity contribution in [2.75, 3.05) is 6.54 Å². The van der Waals surface area contributed by atoms with Crippen LogP contribution in [0.15, 0.2) is 30.5 Å². The average molecular weight is 310 g/mol. The number of rotatable bonds is 4. The Morgan fingerprint density at radius 3 is 2.96 bits per heavy atom. The van der Waals surface area contributed by atoms with Crippen molar-refractivity contribution < 1.29 is 4.79 Å². The van der Waals surface area contributed by atoms with E-state index in [9.17, 15) is 4.79 Å². The van der Waals surface area contributed by atoms with Crippen LogP contribution in [-0.4, -0.2) is 27.3 Å². The minimum absolute atomic E-state index is 0.336. The number of benzene rings is 1. The fraction of sp³-hybridized carbons (Fsp3) is 0.389. The first-order valence-corrected chi connectivity index (χ1v) is 7.98. The molecule has 1 aromatic carbocycles. The normalized spacial score (nSPS) is 14.7. The third-order valence-electron chi connectivity index (χ3n) is 4.18. The Bertz CT molecular complexity index is 727. The zero-order valence-electron chi connectivity index (χ0n) is 13.6. The van der Waals surface area contributed by atoms with Crippen LogP contribution in [0.4, 0.5) is 0 Å². The summed E-state index contributed by atoms with van der Waals surface area (Å²) in [5, 5.41) is 0. The van der Waals surface area contributed by atoms with Gasteiger partial charge < -0.3 is 5.73 Å². The second-order valence-corrected chi connectivity index (χ2v) is 6.38. The lowest BCUT2D eigenvalue weighted by molar-refractivity contribution is 0.1000. The minimum Gasteiger partial charge on any atom is -0.366 e. The minimum atomic E-state index is -0.384. The van der Waals surface area contributed by atoms with E-state index in [4.69, 9.17) is 10.7 Å². The largest absolute Gasteiger partial charge is 0.366 e. The molecule has 2 N–H and O–H groups in total. The molecule has 0 atom stereocenters. The summed E-state index contributed by atoms with van der Waals surface area (Å²) in [5.41, 5.74) is 9.39. The van der Waals surface area contributed by atoms with Gasteiger partial charge in [0, 0.05) is 37.3 Å². The molecule has 3 rings (SSSR count). The fourth-order valence-corrected chi connectivity index (χ4v) is 2.87. The van der Waals surface area contributed by atoms with E-state index in [1.54, 1.807) is 6.07 Å². The van der Waals surface area contributed by atoms with Crippen molar-refractivity contribution in [1.82, 2.24) is 14.9 Å². The van der Waals surface area contributed by atoms with Crippen LogP contribution in [0.2, 0.25) is 0 Å². The Morgan fingerprint density at radius 1 is 1.39 bits per heavy atom. The summed E-state index contributed by atoms with van der Waals surface area (Å²) in [4.78, 5) is 22.8. The number of carbonyl (C=O) groups is 1. The molecular weight excluding hydrogens is 288 g/mol. The number of nitrogens with zero attached hydrogens (tertiary/aromatic N) is 3. The second kappa shape index (κ2) is 6.46. The number of amides is 1. The lowest BCUT2D eigenvalue weighted by Crippen LogP contribution is -2.31. The van der Waals surface area contributed by atoms with E-state index in [1.165, 1.54) is 5.56 Å². The van der Waals surface area contributed by atoms with Crippen molar-refractivity contribution in [3.63, 3.8) is 0 Å². The SMILES string of the molecule is CC(C)c1ncc2c(n1)CN(Cc1cccc(C(N)=O)c1)CC2. The van der Waals surface area contributed by atoms with Crippen molar-refractivity contribution in [1.29, 1.82) is 0 Å². The molecule has 0 fully saturated rings. The van der Waals surface area contributed by atoms with Gasteiger partial charge >= 0.3 is 0 Å². The molecule has 0 bridgehead atoms. The van der Waals surface area contributed by atoms with E-state index in [-0.39, 0.29) is 5.91 Å². The lowest BCUT2D eigenvalue weighted by atomic mass is 10.0.